The third-order valence-electron chi connectivity index (χ3n) is 3.56. The number of aromatic nitrogens is 2. The molecule has 0 aliphatic heterocycles. The van der Waals surface area contributed by atoms with E-state index in [1.54, 1.807) is 24.3 Å². The summed E-state index contributed by atoms with van der Waals surface area (Å²) in [7, 11) is 0. The zero-order chi connectivity index (χ0) is 19.4. The van der Waals surface area contributed by atoms with Crippen molar-refractivity contribution in [1.29, 1.82) is 0 Å². The minimum Gasteiger partial charge on any atom is -0.348 e. The highest BCUT2D eigenvalue weighted by Gasteiger charge is 2.14. The fourth-order valence-electron chi connectivity index (χ4n) is 2.14. The molecule has 138 valence electrons. The number of halogens is 4. The standard InChI is InChI=1S/C18H12ClF3N4O/c19-12-3-1-10(2-4-12)7-23-17(27)11-8-24-18(25-9-11)26-14-6-5-13(20)15(21)16(14)22/h1-6,8-9H,7H2,(H,23,27)(H,24,25,26). The lowest BCUT2D eigenvalue weighted by atomic mass is 10.2. The summed E-state index contributed by atoms with van der Waals surface area (Å²) in [5.74, 6) is -4.77. The van der Waals surface area contributed by atoms with Gasteiger partial charge in [0, 0.05) is 24.0 Å². The second kappa shape index (κ2) is 8.05. The number of hydrogen-bond donors (Lipinski definition) is 2. The summed E-state index contributed by atoms with van der Waals surface area (Å²) < 4.78 is 39.8. The lowest BCUT2D eigenvalue weighted by Crippen LogP contribution is -2.23. The average molecular weight is 393 g/mol. The Morgan fingerprint density at radius 3 is 2.30 bits per heavy atom. The molecule has 3 aromatic rings. The number of anilines is 2. The van der Waals surface area contributed by atoms with Gasteiger partial charge in [-0.15, -0.1) is 0 Å². The van der Waals surface area contributed by atoms with Gasteiger partial charge in [-0.2, -0.15) is 0 Å². The minimum atomic E-state index is -1.60. The number of nitrogens with zero attached hydrogens (tertiary/aromatic N) is 2. The monoisotopic (exact) mass is 392 g/mol. The first kappa shape index (κ1) is 18.7. The van der Waals surface area contributed by atoms with E-state index in [0.29, 0.717) is 5.02 Å². The SMILES string of the molecule is O=C(NCc1ccc(Cl)cc1)c1cnc(Nc2ccc(F)c(F)c2F)nc1. The molecule has 0 saturated carbocycles. The highest BCUT2D eigenvalue weighted by molar-refractivity contribution is 6.30. The van der Waals surface area contributed by atoms with E-state index < -0.39 is 23.4 Å². The Labute approximate surface area is 157 Å². The predicted molar refractivity (Wildman–Crippen MR) is 94.3 cm³/mol. The van der Waals surface area contributed by atoms with Crippen LogP contribution in [0.15, 0.2) is 48.8 Å². The number of carbonyl (C=O) groups excluding carboxylic acids is 1. The number of hydrogen-bond acceptors (Lipinski definition) is 4. The maximum atomic E-state index is 13.6. The van der Waals surface area contributed by atoms with Crippen molar-refractivity contribution >= 4 is 29.1 Å². The van der Waals surface area contributed by atoms with E-state index in [4.69, 9.17) is 11.6 Å². The van der Waals surface area contributed by atoms with Crippen molar-refractivity contribution in [2.24, 2.45) is 0 Å². The van der Waals surface area contributed by atoms with Gasteiger partial charge in [-0.05, 0) is 29.8 Å². The molecule has 0 spiro atoms. The molecule has 0 unspecified atom stereocenters. The van der Waals surface area contributed by atoms with E-state index >= 15 is 0 Å². The lowest BCUT2D eigenvalue weighted by Gasteiger charge is -2.08. The third kappa shape index (κ3) is 4.53. The summed E-state index contributed by atoms with van der Waals surface area (Å²) in [4.78, 5) is 19.8. The molecule has 9 heteroatoms. The predicted octanol–water partition coefficient (Wildman–Crippen LogP) is 4.22. The first-order valence-corrected chi connectivity index (χ1v) is 8.07. The normalized spacial score (nSPS) is 10.5. The summed E-state index contributed by atoms with van der Waals surface area (Å²) in [6, 6.07) is 8.78. The fourth-order valence-corrected chi connectivity index (χ4v) is 2.27. The van der Waals surface area contributed by atoms with Crippen molar-refractivity contribution in [2.45, 2.75) is 6.54 Å². The molecule has 0 radical (unpaired) electrons. The number of nitrogens with one attached hydrogen (secondary N) is 2. The van der Waals surface area contributed by atoms with Crippen LogP contribution in [0.1, 0.15) is 15.9 Å². The Balaban J connectivity index is 1.63. The quantitative estimate of drug-likeness (QED) is 0.638. The Morgan fingerprint density at radius 2 is 1.63 bits per heavy atom. The number of carbonyl (C=O) groups is 1. The van der Waals surface area contributed by atoms with Crippen molar-refractivity contribution < 1.29 is 18.0 Å². The van der Waals surface area contributed by atoms with Gasteiger partial charge in [0.25, 0.3) is 5.91 Å². The Hall–Kier alpha value is -3.13. The van der Waals surface area contributed by atoms with Crippen LogP contribution in [0.4, 0.5) is 24.8 Å². The van der Waals surface area contributed by atoms with Gasteiger partial charge in [0.2, 0.25) is 5.95 Å². The maximum Gasteiger partial charge on any atom is 0.254 e. The number of amides is 1. The van der Waals surface area contributed by atoms with Crippen LogP contribution in [-0.2, 0) is 6.54 Å². The molecule has 27 heavy (non-hydrogen) atoms. The molecule has 5 nitrogen and oxygen atoms in total. The molecule has 2 aromatic carbocycles. The van der Waals surface area contributed by atoms with Crippen LogP contribution in [0.3, 0.4) is 0 Å². The van der Waals surface area contributed by atoms with Crippen LogP contribution in [-0.4, -0.2) is 15.9 Å². The van der Waals surface area contributed by atoms with E-state index in [9.17, 15) is 18.0 Å². The van der Waals surface area contributed by atoms with Gasteiger partial charge in [0.05, 0.1) is 11.3 Å². The van der Waals surface area contributed by atoms with Gasteiger partial charge in [-0.1, -0.05) is 23.7 Å². The Bertz CT molecular complexity index is 966. The molecule has 0 fully saturated rings. The van der Waals surface area contributed by atoms with Gasteiger partial charge < -0.3 is 10.6 Å². The minimum absolute atomic E-state index is 0.0749. The van der Waals surface area contributed by atoms with Crippen LogP contribution in [0.5, 0.6) is 0 Å². The summed E-state index contributed by atoms with van der Waals surface area (Å²) >= 11 is 5.80. The van der Waals surface area contributed by atoms with Gasteiger partial charge in [0.1, 0.15) is 0 Å². The van der Waals surface area contributed by atoms with Crippen molar-refractivity contribution in [2.75, 3.05) is 5.32 Å². The zero-order valence-corrected chi connectivity index (χ0v) is 14.4. The molecule has 1 heterocycles. The molecule has 2 N–H and O–H groups in total. The molecule has 0 aliphatic rings. The first-order chi connectivity index (χ1) is 12.9. The highest BCUT2D eigenvalue weighted by Crippen LogP contribution is 2.21. The van der Waals surface area contributed by atoms with E-state index in [-0.39, 0.29) is 23.7 Å². The van der Waals surface area contributed by atoms with Crippen LogP contribution in [0.2, 0.25) is 5.02 Å². The molecule has 1 aromatic heterocycles. The largest absolute Gasteiger partial charge is 0.348 e. The second-order valence-electron chi connectivity index (χ2n) is 5.45. The molecule has 3 rings (SSSR count). The van der Waals surface area contributed by atoms with E-state index in [0.717, 1.165) is 17.7 Å². The summed E-state index contributed by atoms with van der Waals surface area (Å²) in [5.41, 5.74) is 0.717. The summed E-state index contributed by atoms with van der Waals surface area (Å²) in [5, 5.41) is 5.71. The summed E-state index contributed by atoms with van der Waals surface area (Å²) in [6.07, 6.45) is 2.45. The molecular formula is C18H12ClF3N4O. The van der Waals surface area contributed by atoms with E-state index in [1.165, 1.54) is 12.4 Å². The molecule has 0 bridgehead atoms. The van der Waals surface area contributed by atoms with Gasteiger partial charge in [-0.25, -0.2) is 23.1 Å². The van der Waals surface area contributed by atoms with Crippen LogP contribution in [0, 0.1) is 17.5 Å². The maximum absolute atomic E-state index is 13.6. The number of benzene rings is 2. The van der Waals surface area contributed by atoms with Gasteiger partial charge >= 0.3 is 0 Å². The van der Waals surface area contributed by atoms with E-state index in [2.05, 4.69) is 20.6 Å². The Kier molecular flexibility index (Phi) is 5.56. The van der Waals surface area contributed by atoms with Crippen LogP contribution in [0.25, 0.3) is 0 Å². The summed E-state index contributed by atoms with van der Waals surface area (Å²) in [6.45, 7) is 0.288. The van der Waals surface area contributed by atoms with E-state index in [1.807, 2.05) is 0 Å². The smallest absolute Gasteiger partial charge is 0.254 e. The first-order valence-electron chi connectivity index (χ1n) is 7.69. The molecule has 0 saturated heterocycles. The Morgan fingerprint density at radius 1 is 0.963 bits per heavy atom. The van der Waals surface area contributed by atoms with Crippen molar-refractivity contribution in [3.05, 3.63) is 82.4 Å². The highest BCUT2D eigenvalue weighted by atomic mass is 35.5. The molecule has 0 aliphatic carbocycles. The fraction of sp³-hybridized carbons (Fsp3) is 0.0556. The van der Waals surface area contributed by atoms with Gasteiger partial charge in [0.15, 0.2) is 17.5 Å². The van der Waals surface area contributed by atoms with Crippen LogP contribution >= 0.6 is 11.6 Å². The molecular weight excluding hydrogens is 381 g/mol. The molecule has 1 amide bonds. The van der Waals surface area contributed by atoms with Crippen molar-refractivity contribution in [3.63, 3.8) is 0 Å². The van der Waals surface area contributed by atoms with Crippen LogP contribution < -0.4 is 10.6 Å². The second-order valence-corrected chi connectivity index (χ2v) is 5.89. The van der Waals surface area contributed by atoms with Crippen molar-refractivity contribution in [3.8, 4) is 0 Å². The topological polar surface area (TPSA) is 66.9 Å². The molecule has 0 atom stereocenters. The van der Waals surface area contributed by atoms with Crippen molar-refractivity contribution in [1.82, 2.24) is 15.3 Å². The third-order valence-corrected chi connectivity index (χ3v) is 3.81. The zero-order valence-electron chi connectivity index (χ0n) is 13.6. The lowest BCUT2D eigenvalue weighted by molar-refractivity contribution is 0.0950. The number of rotatable bonds is 5. The average Bonchev–Trinajstić information content (AvgIpc) is 2.68. The van der Waals surface area contributed by atoms with Gasteiger partial charge in [-0.3, -0.25) is 4.79 Å².